The Labute approximate surface area is 77.3 Å². The van der Waals surface area contributed by atoms with Crippen LogP contribution in [0.3, 0.4) is 0 Å². The van der Waals surface area contributed by atoms with Crippen molar-refractivity contribution in [2.45, 2.75) is 53.0 Å². The third-order valence-corrected chi connectivity index (χ3v) is 1.48. The maximum absolute atomic E-state index is 3.49. The Morgan fingerprint density at radius 1 is 1.00 bits per heavy atom. The van der Waals surface area contributed by atoms with E-state index in [-0.39, 0.29) is 5.54 Å². The highest BCUT2D eigenvalue weighted by molar-refractivity contribution is 4.68. The molecule has 0 heterocycles. The topological polar surface area (TPSA) is 15.3 Å². The van der Waals surface area contributed by atoms with E-state index in [2.05, 4.69) is 45.1 Å². The first-order valence-corrected chi connectivity index (χ1v) is 5.02. The minimum Gasteiger partial charge on any atom is -0.250 e. The average Bonchev–Trinajstić information content (AvgIpc) is 1.84. The fourth-order valence-corrected chi connectivity index (χ4v) is 1.24. The van der Waals surface area contributed by atoms with Gasteiger partial charge in [0, 0.05) is 18.6 Å². The van der Waals surface area contributed by atoms with Crippen molar-refractivity contribution < 1.29 is 0 Å². The number of hydrogen-bond acceptors (Lipinski definition) is 2. The van der Waals surface area contributed by atoms with E-state index in [0.29, 0.717) is 0 Å². The van der Waals surface area contributed by atoms with E-state index in [1.807, 2.05) is 0 Å². The molecule has 1 N–H and O–H groups in total. The van der Waals surface area contributed by atoms with E-state index < -0.39 is 0 Å². The lowest BCUT2D eigenvalue weighted by atomic mass is 10.1. The summed E-state index contributed by atoms with van der Waals surface area (Å²) in [6.45, 7) is 13.3. The number of hydrogen-bond donors (Lipinski definition) is 1. The normalized spacial score (nSPS) is 12.5. The number of nitrogens with zero attached hydrogens (tertiary/aromatic N) is 1. The average molecular weight is 172 g/mol. The lowest BCUT2D eigenvalue weighted by Crippen LogP contribution is -2.49. The van der Waals surface area contributed by atoms with Crippen molar-refractivity contribution in [3.05, 3.63) is 0 Å². The van der Waals surface area contributed by atoms with Gasteiger partial charge < -0.3 is 0 Å². The Balaban J connectivity index is 3.77. The van der Waals surface area contributed by atoms with Gasteiger partial charge in [0.25, 0.3) is 0 Å². The summed E-state index contributed by atoms with van der Waals surface area (Å²) < 4.78 is 0. The van der Waals surface area contributed by atoms with Crippen LogP contribution in [0.4, 0.5) is 0 Å². The van der Waals surface area contributed by atoms with E-state index in [4.69, 9.17) is 0 Å². The predicted octanol–water partition coefficient (Wildman–Crippen LogP) is 2.41. The summed E-state index contributed by atoms with van der Waals surface area (Å²) in [6.07, 6.45) is 2.42. The quantitative estimate of drug-likeness (QED) is 0.641. The second-order valence-electron chi connectivity index (χ2n) is 4.35. The number of nitrogens with one attached hydrogen (secondary N) is 1. The summed E-state index contributed by atoms with van der Waals surface area (Å²) in [4.78, 5) is 0. The van der Waals surface area contributed by atoms with Gasteiger partial charge >= 0.3 is 0 Å². The molecule has 74 valence electrons. The molecule has 0 fully saturated rings. The van der Waals surface area contributed by atoms with E-state index >= 15 is 0 Å². The van der Waals surface area contributed by atoms with Crippen molar-refractivity contribution in [1.29, 1.82) is 0 Å². The van der Waals surface area contributed by atoms with Crippen molar-refractivity contribution >= 4 is 0 Å². The second kappa shape index (κ2) is 5.55. The Morgan fingerprint density at radius 3 is 1.67 bits per heavy atom. The smallest absolute Gasteiger partial charge is 0.0241 e. The first kappa shape index (κ1) is 11.9. The van der Waals surface area contributed by atoms with Crippen LogP contribution in [0.1, 0.15) is 47.5 Å². The van der Waals surface area contributed by atoms with E-state index in [0.717, 1.165) is 13.1 Å². The van der Waals surface area contributed by atoms with Gasteiger partial charge in [-0.05, 0) is 33.6 Å². The monoisotopic (exact) mass is 172 g/mol. The molecule has 0 saturated carbocycles. The van der Waals surface area contributed by atoms with Gasteiger partial charge in [0.05, 0.1) is 0 Å². The van der Waals surface area contributed by atoms with Gasteiger partial charge in [0.15, 0.2) is 0 Å². The van der Waals surface area contributed by atoms with Gasteiger partial charge in [0.2, 0.25) is 0 Å². The summed E-state index contributed by atoms with van der Waals surface area (Å²) in [7, 11) is 0. The molecule has 0 bridgehead atoms. The molecule has 0 amide bonds. The summed E-state index contributed by atoms with van der Waals surface area (Å²) in [6, 6.07) is 0. The molecule has 0 spiro atoms. The Kier molecular flexibility index (Phi) is 5.51. The number of hydrazine groups is 1. The van der Waals surface area contributed by atoms with Crippen molar-refractivity contribution in [3.8, 4) is 0 Å². The highest BCUT2D eigenvalue weighted by Crippen LogP contribution is 2.01. The largest absolute Gasteiger partial charge is 0.250 e. The Hall–Kier alpha value is -0.0800. The molecule has 0 radical (unpaired) electrons. The minimum atomic E-state index is 0.199. The van der Waals surface area contributed by atoms with Crippen LogP contribution in [0, 0.1) is 0 Å². The van der Waals surface area contributed by atoms with E-state index in [1.54, 1.807) is 0 Å². The van der Waals surface area contributed by atoms with Crippen LogP contribution in [-0.2, 0) is 0 Å². The predicted molar refractivity (Wildman–Crippen MR) is 55.0 cm³/mol. The van der Waals surface area contributed by atoms with Crippen LogP contribution in [0.15, 0.2) is 0 Å². The molecular weight excluding hydrogens is 148 g/mol. The summed E-state index contributed by atoms with van der Waals surface area (Å²) in [5.74, 6) is 0. The molecule has 2 nitrogen and oxygen atoms in total. The van der Waals surface area contributed by atoms with Gasteiger partial charge in [-0.3, -0.25) is 0 Å². The minimum absolute atomic E-state index is 0.199. The third-order valence-electron chi connectivity index (χ3n) is 1.48. The molecule has 2 heteroatoms. The van der Waals surface area contributed by atoms with Crippen LogP contribution in [-0.4, -0.2) is 23.6 Å². The van der Waals surface area contributed by atoms with Crippen LogP contribution < -0.4 is 5.43 Å². The van der Waals surface area contributed by atoms with Gasteiger partial charge in [-0.15, -0.1) is 0 Å². The lowest BCUT2D eigenvalue weighted by Gasteiger charge is -2.31. The fourth-order valence-electron chi connectivity index (χ4n) is 1.24. The molecule has 0 aliphatic heterocycles. The molecule has 0 rings (SSSR count). The zero-order valence-corrected chi connectivity index (χ0v) is 9.28. The SMILES string of the molecule is CCCN(CCC)NC(C)(C)C. The first-order chi connectivity index (χ1) is 5.49. The molecule has 0 saturated heterocycles. The zero-order chi connectivity index (χ0) is 9.61. The maximum atomic E-state index is 3.49. The van der Waals surface area contributed by atoms with E-state index in [9.17, 15) is 0 Å². The number of rotatable bonds is 5. The van der Waals surface area contributed by atoms with Gasteiger partial charge in [-0.25, -0.2) is 10.4 Å². The molecule has 0 unspecified atom stereocenters. The molecule has 12 heavy (non-hydrogen) atoms. The molecule has 0 atom stereocenters. The molecule has 0 aliphatic rings. The third kappa shape index (κ3) is 6.62. The Morgan fingerprint density at radius 2 is 1.42 bits per heavy atom. The van der Waals surface area contributed by atoms with Crippen LogP contribution >= 0.6 is 0 Å². The molecular formula is C10H24N2. The Bertz CT molecular complexity index is 98.9. The molecule has 0 aromatic rings. The highest BCUT2D eigenvalue weighted by Gasteiger charge is 2.12. The van der Waals surface area contributed by atoms with E-state index in [1.165, 1.54) is 12.8 Å². The van der Waals surface area contributed by atoms with Crippen LogP contribution in [0.25, 0.3) is 0 Å². The zero-order valence-electron chi connectivity index (χ0n) is 9.28. The van der Waals surface area contributed by atoms with Crippen molar-refractivity contribution in [1.82, 2.24) is 10.4 Å². The second-order valence-corrected chi connectivity index (χ2v) is 4.35. The first-order valence-electron chi connectivity index (χ1n) is 5.02. The maximum Gasteiger partial charge on any atom is 0.0241 e. The van der Waals surface area contributed by atoms with Crippen molar-refractivity contribution in [2.24, 2.45) is 0 Å². The van der Waals surface area contributed by atoms with Crippen molar-refractivity contribution in [2.75, 3.05) is 13.1 Å². The molecule has 0 aromatic carbocycles. The van der Waals surface area contributed by atoms with Gasteiger partial charge in [-0.2, -0.15) is 0 Å². The highest BCUT2D eigenvalue weighted by atomic mass is 15.5. The summed E-state index contributed by atoms with van der Waals surface area (Å²) in [5, 5.41) is 2.32. The summed E-state index contributed by atoms with van der Waals surface area (Å²) in [5.41, 5.74) is 3.69. The van der Waals surface area contributed by atoms with Crippen LogP contribution in [0.2, 0.25) is 0 Å². The van der Waals surface area contributed by atoms with Crippen molar-refractivity contribution in [3.63, 3.8) is 0 Å². The van der Waals surface area contributed by atoms with Gasteiger partial charge in [0.1, 0.15) is 0 Å². The molecule has 0 aromatic heterocycles. The molecule has 0 aliphatic carbocycles. The fraction of sp³-hybridized carbons (Fsp3) is 1.00. The van der Waals surface area contributed by atoms with Crippen LogP contribution in [0.5, 0.6) is 0 Å². The standard InChI is InChI=1S/C10H24N2/c1-6-8-12(9-7-2)11-10(3,4)5/h11H,6-9H2,1-5H3. The summed E-state index contributed by atoms with van der Waals surface area (Å²) >= 11 is 0. The van der Waals surface area contributed by atoms with Gasteiger partial charge in [-0.1, -0.05) is 13.8 Å². The lowest BCUT2D eigenvalue weighted by molar-refractivity contribution is 0.127.